The molecule has 0 amide bonds. The molecule has 0 heterocycles. The standard InChI is InChI=1S/C20H27NO2/c1-20(2,3)21-14-19(22-15-17-10-6-4-7-11-17)23-16-18-12-8-5-9-13-18/h4-13,19,21H,14-16H2,1-3H3. The third-order valence-electron chi connectivity index (χ3n) is 3.36. The summed E-state index contributed by atoms with van der Waals surface area (Å²) < 4.78 is 11.9. The maximum atomic E-state index is 5.96. The van der Waals surface area contributed by atoms with Crippen molar-refractivity contribution >= 4 is 0 Å². The molecule has 3 nitrogen and oxygen atoms in total. The SMILES string of the molecule is CC(C)(C)NCC(OCc1ccccc1)OCc1ccccc1. The van der Waals surface area contributed by atoms with Crippen LogP contribution in [-0.2, 0) is 22.7 Å². The molecule has 0 aromatic heterocycles. The molecule has 0 atom stereocenters. The van der Waals surface area contributed by atoms with E-state index in [0.29, 0.717) is 19.8 Å². The van der Waals surface area contributed by atoms with Crippen molar-refractivity contribution in [2.45, 2.75) is 45.8 Å². The number of ether oxygens (including phenoxy) is 2. The Balaban J connectivity index is 1.88. The van der Waals surface area contributed by atoms with Crippen LogP contribution in [0.5, 0.6) is 0 Å². The van der Waals surface area contributed by atoms with E-state index in [9.17, 15) is 0 Å². The summed E-state index contributed by atoms with van der Waals surface area (Å²) in [6.45, 7) is 8.16. The van der Waals surface area contributed by atoms with Crippen LogP contribution in [0, 0.1) is 0 Å². The van der Waals surface area contributed by atoms with Gasteiger partial charge in [0.2, 0.25) is 0 Å². The lowest BCUT2D eigenvalue weighted by Gasteiger charge is -2.25. The molecule has 0 aliphatic heterocycles. The normalized spacial score (nSPS) is 11.8. The second kappa shape index (κ2) is 8.82. The Labute approximate surface area is 139 Å². The largest absolute Gasteiger partial charge is 0.347 e. The van der Waals surface area contributed by atoms with E-state index < -0.39 is 0 Å². The molecule has 0 fully saturated rings. The van der Waals surface area contributed by atoms with Gasteiger partial charge in [-0.25, -0.2) is 0 Å². The van der Waals surface area contributed by atoms with E-state index >= 15 is 0 Å². The first-order valence-corrected chi connectivity index (χ1v) is 8.09. The van der Waals surface area contributed by atoms with Gasteiger partial charge in [0.15, 0.2) is 6.29 Å². The molecule has 0 unspecified atom stereocenters. The van der Waals surface area contributed by atoms with Crippen LogP contribution in [0.3, 0.4) is 0 Å². The Kier molecular flexibility index (Phi) is 6.78. The van der Waals surface area contributed by atoms with Gasteiger partial charge in [-0.2, -0.15) is 0 Å². The molecule has 0 saturated heterocycles. The minimum absolute atomic E-state index is 0.0322. The predicted molar refractivity (Wildman–Crippen MR) is 94.0 cm³/mol. The molecule has 0 spiro atoms. The van der Waals surface area contributed by atoms with Crippen molar-refractivity contribution in [1.29, 1.82) is 0 Å². The molecule has 0 saturated carbocycles. The minimum atomic E-state index is -0.283. The maximum Gasteiger partial charge on any atom is 0.170 e. The number of nitrogens with one attached hydrogen (secondary N) is 1. The number of benzene rings is 2. The zero-order valence-corrected chi connectivity index (χ0v) is 14.3. The summed E-state index contributed by atoms with van der Waals surface area (Å²) in [6, 6.07) is 20.3. The van der Waals surface area contributed by atoms with Crippen LogP contribution in [0.25, 0.3) is 0 Å². The highest BCUT2D eigenvalue weighted by atomic mass is 16.7. The molecule has 1 N–H and O–H groups in total. The molecule has 23 heavy (non-hydrogen) atoms. The van der Waals surface area contributed by atoms with Gasteiger partial charge in [0.05, 0.1) is 13.2 Å². The Bertz CT molecular complexity index is 505. The molecule has 0 bridgehead atoms. The summed E-state index contributed by atoms with van der Waals surface area (Å²) in [7, 11) is 0. The highest BCUT2D eigenvalue weighted by Gasteiger charge is 2.15. The average Bonchev–Trinajstić information content (AvgIpc) is 2.55. The predicted octanol–water partition coefficient (Wildman–Crippen LogP) is 4.13. The van der Waals surface area contributed by atoms with Crippen molar-refractivity contribution in [3.05, 3.63) is 71.8 Å². The van der Waals surface area contributed by atoms with Gasteiger partial charge in [0.25, 0.3) is 0 Å². The first kappa shape index (κ1) is 17.7. The molecule has 0 radical (unpaired) electrons. The molecule has 0 aliphatic carbocycles. The van der Waals surface area contributed by atoms with Gasteiger partial charge in [-0.3, -0.25) is 0 Å². The molecular weight excluding hydrogens is 286 g/mol. The second-order valence-electron chi connectivity index (χ2n) is 6.65. The van der Waals surface area contributed by atoms with E-state index in [0.717, 1.165) is 11.1 Å². The van der Waals surface area contributed by atoms with Crippen molar-refractivity contribution in [3.8, 4) is 0 Å². The lowest BCUT2D eigenvalue weighted by Crippen LogP contribution is -2.42. The van der Waals surface area contributed by atoms with E-state index in [1.54, 1.807) is 0 Å². The first-order chi connectivity index (χ1) is 11.0. The van der Waals surface area contributed by atoms with Crippen LogP contribution in [0.4, 0.5) is 0 Å². The molecule has 2 rings (SSSR count). The highest BCUT2D eigenvalue weighted by Crippen LogP contribution is 2.09. The van der Waals surface area contributed by atoms with Crippen molar-refractivity contribution in [1.82, 2.24) is 5.32 Å². The van der Waals surface area contributed by atoms with Gasteiger partial charge in [-0.05, 0) is 31.9 Å². The van der Waals surface area contributed by atoms with Crippen molar-refractivity contribution in [3.63, 3.8) is 0 Å². The van der Waals surface area contributed by atoms with Crippen molar-refractivity contribution in [2.75, 3.05) is 6.54 Å². The van der Waals surface area contributed by atoms with Gasteiger partial charge < -0.3 is 14.8 Å². The number of hydrogen-bond donors (Lipinski definition) is 1. The summed E-state index contributed by atoms with van der Waals surface area (Å²) >= 11 is 0. The van der Waals surface area contributed by atoms with Gasteiger partial charge in [-0.15, -0.1) is 0 Å². The first-order valence-electron chi connectivity index (χ1n) is 8.09. The third kappa shape index (κ3) is 7.42. The fourth-order valence-corrected chi connectivity index (χ4v) is 2.08. The summed E-state index contributed by atoms with van der Waals surface area (Å²) in [4.78, 5) is 0. The molecular formula is C20H27NO2. The summed E-state index contributed by atoms with van der Waals surface area (Å²) in [5.74, 6) is 0. The smallest absolute Gasteiger partial charge is 0.170 e. The molecule has 124 valence electrons. The Morgan fingerprint density at radius 3 is 1.61 bits per heavy atom. The monoisotopic (exact) mass is 313 g/mol. The van der Waals surface area contributed by atoms with Gasteiger partial charge in [-0.1, -0.05) is 60.7 Å². The van der Waals surface area contributed by atoms with E-state index in [1.807, 2.05) is 36.4 Å². The maximum absolute atomic E-state index is 5.96. The van der Waals surface area contributed by atoms with E-state index in [2.05, 4.69) is 50.4 Å². The lowest BCUT2D eigenvalue weighted by atomic mass is 10.1. The highest BCUT2D eigenvalue weighted by molar-refractivity contribution is 5.14. The number of rotatable bonds is 8. The quantitative estimate of drug-likeness (QED) is 0.743. The molecule has 0 aliphatic rings. The zero-order valence-electron chi connectivity index (χ0n) is 14.3. The van der Waals surface area contributed by atoms with Crippen LogP contribution >= 0.6 is 0 Å². The summed E-state index contributed by atoms with van der Waals surface area (Å²) in [5.41, 5.74) is 2.33. The van der Waals surface area contributed by atoms with Gasteiger partial charge in [0.1, 0.15) is 0 Å². The molecule has 2 aromatic carbocycles. The van der Waals surface area contributed by atoms with Gasteiger partial charge in [0, 0.05) is 12.1 Å². The minimum Gasteiger partial charge on any atom is -0.347 e. The molecule has 3 heteroatoms. The zero-order chi connectivity index (χ0) is 16.5. The second-order valence-corrected chi connectivity index (χ2v) is 6.65. The summed E-state index contributed by atoms with van der Waals surface area (Å²) in [6.07, 6.45) is -0.283. The third-order valence-corrected chi connectivity index (χ3v) is 3.36. The van der Waals surface area contributed by atoms with Crippen LogP contribution in [0.1, 0.15) is 31.9 Å². The van der Waals surface area contributed by atoms with Crippen LogP contribution in [0.15, 0.2) is 60.7 Å². The Hall–Kier alpha value is -1.68. The topological polar surface area (TPSA) is 30.5 Å². The van der Waals surface area contributed by atoms with Crippen LogP contribution < -0.4 is 5.32 Å². The lowest BCUT2D eigenvalue weighted by molar-refractivity contribution is -0.155. The van der Waals surface area contributed by atoms with E-state index in [-0.39, 0.29) is 11.8 Å². The van der Waals surface area contributed by atoms with Crippen LogP contribution in [0.2, 0.25) is 0 Å². The Morgan fingerprint density at radius 2 is 1.22 bits per heavy atom. The van der Waals surface area contributed by atoms with E-state index in [4.69, 9.17) is 9.47 Å². The summed E-state index contributed by atoms with van der Waals surface area (Å²) in [5, 5.41) is 3.44. The fraction of sp³-hybridized carbons (Fsp3) is 0.400. The Morgan fingerprint density at radius 1 is 0.783 bits per heavy atom. The fourth-order valence-electron chi connectivity index (χ4n) is 2.08. The van der Waals surface area contributed by atoms with Gasteiger partial charge >= 0.3 is 0 Å². The average molecular weight is 313 g/mol. The molecule has 2 aromatic rings. The van der Waals surface area contributed by atoms with Crippen molar-refractivity contribution < 1.29 is 9.47 Å². The van der Waals surface area contributed by atoms with E-state index in [1.165, 1.54) is 0 Å². The number of hydrogen-bond acceptors (Lipinski definition) is 3. The van der Waals surface area contributed by atoms with Crippen molar-refractivity contribution in [2.24, 2.45) is 0 Å². The van der Waals surface area contributed by atoms with Crippen LogP contribution in [-0.4, -0.2) is 18.4 Å².